The predicted octanol–water partition coefficient (Wildman–Crippen LogP) is 1.18. The van der Waals surface area contributed by atoms with Gasteiger partial charge in [0.2, 0.25) is 5.91 Å². The van der Waals surface area contributed by atoms with Gasteiger partial charge in [-0.05, 0) is 38.8 Å². The SMILES string of the molecule is CCN1CCC(NC(=O)C2CCCN2)CC1.Cl.Cl. The van der Waals surface area contributed by atoms with Gasteiger partial charge in [-0.25, -0.2) is 0 Å². The van der Waals surface area contributed by atoms with Crippen LogP contribution in [0, 0.1) is 0 Å². The van der Waals surface area contributed by atoms with Gasteiger partial charge in [-0.2, -0.15) is 0 Å². The van der Waals surface area contributed by atoms with Gasteiger partial charge in [0, 0.05) is 19.1 Å². The maximum atomic E-state index is 11.9. The minimum absolute atomic E-state index is 0. The molecule has 2 aliphatic rings. The van der Waals surface area contributed by atoms with Crippen LogP contribution in [0.4, 0.5) is 0 Å². The minimum atomic E-state index is 0. The molecule has 0 aliphatic carbocycles. The highest BCUT2D eigenvalue weighted by atomic mass is 35.5. The molecule has 2 aliphatic heterocycles. The predicted molar refractivity (Wildman–Crippen MR) is 78.8 cm³/mol. The van der Waals surface area contributed by atoms with Crippen LogP contribution in [0.1, 0.15) is 32.6 Å². The van der Waals surface area contributed by atoms with Crippen molar-refractivity contribution in [1.82, 2.24) is 15.5 Å². The van der Waals surface area contributed by atoms with Gasteiger partial charge in [0.25, 0.3) is 0 Å². The van der Waals surface area contributed by atoms with E-state index in [-0.39, 0.29) is 36.8 Å². The maximum absolute atomic E-state index is 11.9. The summed E-state index contributed by atoms with van der Waals surface area (Å²) in [6.45, 7) is 6.57. The highest BCUT2D eigenvalue weighted by Crippen LogP contribution is 2.11. The molecular formula is C12H25Cl2N3O. The molecule has 0 spiro atoms. The van der Waals surface area contributed by atoms with Gasteiger partial charge in [-0.1, -0.05) is 6.92 Å². The van der Waals surface area contributed by atoms with E-state index in [1.807, 2.05) is 0 Å². The lowest BCUT2D eigenvalue weighted by atomic mass is 10.0. The zero-order valence-corrected chi connectivity index (χ0v) is 12.6. The van der Waals surface area contributed by atoms with Crippen molar-refractivity contribution >= 4 is 30.7 Å². The van der Waals surface area contributed by atoms with Gasteiger partial charge in [0.15, 0.2) is 0 Å². The molecule has 2 heterocycles. The fourth-order valence-electron chi connectivity index (χ4n) is 2.60. The first-order valence-electron chi connectivity index (χ1n) is 6.55. The van der Waals surface area contributed by atoms with E-state index in [0.29, 0.717) is 6.04 Å². The zero-order valence-electron chi connectivity index (χ0n) is 11.0. The molecule has 2 fully saturated rings. The number of hydrogen-bond acceptors (Lipinski definition) is 3. The number of hydrogen-bond donors (Lipinski definition) is 2. The largest absolute Gasteiger partial charge is 0.352 e. The highest BCUT2D eigenvalue weighted by Gasteiger charge is 2.25. The first-order valence-corrected chi connectivity index (χ1v) is 6.55. The van der Waals surface area contributed by atoms with E-state index in [1.54, 1.807) is 0 Å². The molecule has 0 bridgehead atoms. The Balaban J connectivity index is 0.00000144. The fraction of sp³-hybridized carbons (Fsp3) is 0.917. The second kappa shape index (κ2) is 8.97. The van der Waals surface area contributed by atoms with Crippen molar-refractivity contribution in [2.24, 2.45) is 0 Å². The summed E-state index contributed by atoms with van der Waals surface area (Å²) in [6.07, 6.45) is 4.34. The quantitative estimate of drug-likeness (QED) is 0.822. The molecule has 0 aromatic carbocycles. The smallest absolute Gasteiger partial charge is 0.237 e. The van der Waals surface area contributed by atoms with Gasteiger partial charge < -0.3 is 15.5 Å². The van der Waals surface area contributed by atoms with Crippen LogP contribution in [0.5, 0.6) is 0 Å². The van der Waals surface area contributed by atoms with Crippen LogP contribution in [0.3, 0.4) is 0 Å². The zero-order chi connectivity index (χ0) is 11.4. The number of piperidine rings is 1. The first kappa shape index (κ1) is 18.0. The molecule has 1 unspecified atom stereocenters. The molecule has 108 valence electrons. The molecule has 1 atom stereocenters. The van der Waals surface area contributed by atoms with Crippen LogP contribution in [-0.2, 0) is 4.79 Å². The maximum Gasteiger partial charge on any atom is 0.237 e. The molecule has 1 amide bonds. The highest BCUT2D eigenvalue weighted by molar-refractivity contribution is 5.85. The number of halogens is 2. The summed E-state index contributed by atoms with van der Waals surface area (Å²) in [6, 6.07) is 0.474. The molecule has 2 rings (SSSR count). The van der Waals surface area contributed by atoms with Crippen LogP contribution in [0.2, 0.25) is 0 Å². The van der Waals surface area contributed by atoms with Gasteiger partial charge in [-0.15, -0.1) is 24.8 Å². The Bertz CT molecular complexity index is 239. The van der Waals surface area contributed by atoms with Gasteiger partial charge >= 0.3 is 0 Å². The summed E-state index contributed by atoms with van der Waals surface area (Å²) in [5.41, 5.74) is 0. The van der Waals surface area contributed by atoms with E-state index in [0.717, 1.165) is 51.9 Å². The summed E-state index contributed by atoms with van der Waals surface area (Å²) in [5, 5.41) is 6.42. The van der Waals surface area contributed by atoms with Gasteiger partial charge in [0.05, 0.1) is 6.04 Å². The molecule has 6 heteroatoms. The van der Waals surface area contributed by atoms with Crippen LogP contribution in [0.15, 0.2) is 0 Å². The van der Waals surface area contributed by atoms with Crippen LogP contribution in [0.25, 0.3) is 0 Å². The number of nitrogens with zero attached hydrogens (tertiary/aromatic N) is 1. The Morgan fingerprint density at radius 2 is 1.94 bits per heavy atom. The van der Waals surface area contributed by atoms with E-state index in [1.165, 1.54) is 0 Å². The normalized spacial score (nSPS) is 25.1. The Morgan fingerprint density at radius 3 is 2.44 bits per heavy atom. The third-order valence-corrected chi connectivity index (χ3v) is 3.76. The third kappa shape index (κ3) is 4.92. The Hall–Kier alpha value is -0.0300. The lowest BCUT2D eigenvalue weighted by Gasteiger charge is -2.32. The lowest BCUT2D eigenvalue weighted by molar-refractivity contribution is -0.123. The third-order valence-electron chi connectivity index (χ3n) is 3.76. The van der Waals surface area contributed by atoms with Crippen molar-refractivity contribution in [2.75, 3.05) is 26.2 Å². The van der Waals surface area contributed by atoms with Crippen molar-refractivity contribution in [3.05, 3.63) is 0 Å². The second-order valence-corrected chi connectivity index (χ2v) is 4.87. The van der Waals surface area contributed by atoms with Crippen molar-refractivity contribution < 1.29 is 4.79 Å². The summed E-state index contributed by atoms with van der Waals surface area (Å²) in [4.78, 5) is 14.3. The van der Waals surface area contributed by atoms with Crippen molar-refractivity contribution in [3.63, 3.8) is 0 Å². The number of rotatable bonds is 3. The van der Waals surface area contributed by atoms with Crippen molar-refractivity contribution in [1.29, 1.82) is 0 Å². The van der Waals surface area contributed by atoms with E-state index in [2.05, 4.69) is 22.5 Å². The standard InChI is InChI=1S/C12H23N3O.2ClH/c1-2-15-8-5-10(6-9-15)14-12(16)11-4-3-7-13-11;;/h10-11,13H,2-9H2,1H3,(H,14,16);2*1H. The van der Waals surface area contributed by atoms with Crippen molar-refractivity contribution in [2.45, 2.75) is 44.7 Å². The molecule has 0 radical (unpaired) electrons. The van der Waals surface area contributed by atoms with Gasteiger partial charge in [-0.3, -0.25) is 4.79 Å². The van der Waals surface area contributed by atoms with E-state index < -0.39 is 0 Å². The second-order valence-electron chi connectivity index (χ2n) is 4.87. The topological polar surface area (TPSA) is 44.4 Å². The molecule has 0 saturated carbocycles. The van der Waals surface area contributed by atoms with Crippen LogP contribution < -0.4 is 10.6 Å². The minimum Gasteiger partial charge on any atom is -0.352 e. The Kier molecular flexibility index (Phi) is 8.95. The number of amides is 1. The average Bonchev–Trinajstić information content (AvgIpc) is 2.83. The molecule has 4 nitrogen and oxygen atoms in total. The summed E-state index contributed by atoms with van der Waals surface area (Å²) in [7, 11) is 0. The lowest BCUT2D eigenvalue weighted by Crippen LogP contribution is -2.49. The van der Waals surface area contributed by atoms with E-state index >= 15 is 0 Å². The summed E-state index contributed by atoms with van der Waals surface area (Å²) >= 11 is 0. The van der Waals surface area contributed by atoms with E-state index in [9.17, 15) is 4.79 Å². The van der Waals surface area contributed by atoms with Crippen LogP contribution in [-0.4, -0.2) is 49.1 Å². The number of carbonyl (C=O) groups is 1. The fourth-order valence-corrected chi connectivity index (χ4v) is 2.60. The van der Waals surface area contributed by atoms with Crippen molar-refractivity contribution in [3.8, 4) is 0 Å². The Morgan fingerprint density at radius 1 is 1.28 bits per heavy atom. The number of carbonyl (C=O) groups excluding carboxylic acids is 1. The molecule has 18 heavy (non-hydrogen) atoms. The molecular weight excluding hydrogens is 273 g/mol. The first-order chi connectivity index (χ1) is 7.79. The molecule has 2 saturated heterocycles. The van der Waals surface area contributed by atoms with Gasteiger partial charge in [0.1, 0.15) is 0 Å². The Labute approximate surface area is 122 Å². The monoisotopic (exact) mass is 297 g/mol. The number of nitrogens with one attached hydrogen (secondary N) is 2. The summed E-state index contributed by atoms with van der Waals surface area (Å²) in [5.74, 6) is 0.215. The molecule has 2 N–H and O–H groups in total. The average molecular weight is 298 g/mol. The molecule has 0 aromatic rings. The molecule has 0 aromatic heterocycles. The van der Waals surface area contributed by atoms with Crippen LogP contribution >= 0.6 is 24.8 Å². The van der Waals surface area contributed by atoms with E-state index in [4.69, 9.17) is 0 Å². The number of likely N-dealkylation sites (tertiary alicyclic amines) is 1. The summed E-state index contributed by atoms with van der Waals surface area (Å²) < 4.78 is 0.